The lowest BCUT2D eigenvalue weighted by atomic mass is 10.2. The summed E-state index contributed by atoms with van der Waals surface area (Å²) in [4.78, 5) is 15.5. The highest BCUT2D eigenvalue weighted by Gasteiger charge is 2.28. The Kier molecular flexibility index (Phi) is 2.76. The summed E-state index contributed by atoms with van der Waals surface area (Å²) in [6.07, 6.45) is 3.86. The summed E-state index contributed by atoms with van der Waals surface area (Å²) in [5, 5.41) is 12.4. The number of aromatic nitrogens is 2. The molecule has 2 aromatic rings. The lowest BCUT2D eigenvalue weighted by molar-refractivity contribution is -0.139. The number of aliphatic carboxylic acids is 1. The predicted octanol–water partition coefficient (Wildman–Crippen LogP) is 1.24. The highest BCUT2D eigenvalue weighted by Crippen LogP contribution is 2.20. The molecule has 1 aromatic carbocycles. The van der Waals surface area contributed by atoms with Crippen molar-refractivity contribution in [1.82, 2.24) is 14.9 Å². The molecule has 0 saturated heterocycles. The standard InChI is InChI=1S/C13H15N3O2/c17-13(18)11(15-9-5-6-9)7-16-8-14-10-3-1-2-4-12(10)16/h1-4,8-9,11,15H,5-7H2,(H,17,18)/t11-/m0/s1. The SMILES string of the molecule is O=C(O)[C@H](Cn1cnc2ccccc21)NC1CC1. The van der Waals surface area contributed by atoms with Gasteiger partial charge in [-0.2, -0.15) is 0 Å². The number of nitrogens with zero attached hydrogens (tertiary/aromatic N) is 2. The van der Waals surface area contributed by atoms with Crippen molar-refractivity contribution in [2.45, 2.75) is 31.5 Å². The first-order valence-corrected chi connectivity index (χ1v) is 6.13. The Morgan fingerprint density at radius 3 is 3.00 bits per heavy atom. The molecule has 0 amide bonds. The van der Waals surface area contributed by atoms with Gasteiger partial charge in [-0.3, -0.25) is 4.79 Å². The van der Waals surface area contributed by atoms with Crippen molar-refractivity contribution in [1.29, 1.82) is 0 Å². The molecule has 1 aromatic heterocycles. The fraction of sp³-hybridized carbons (Fsp3) is 0.385. The first-order valence-electron chi connectivity index (χ1n) is 6.13. The minimum Gasteiger partial charge on any atom is -0.480 e. The molecular formula is C13H15N3O2. The number of imidazole rings is 1. The Balaban J connectivity index is 1.82. The number of nitrogens with one attached hydrogen (secondary N) is 1. The van der Waals surface area contributed by atoms with E-state index in [1.54, 1.807) is 6.33 Å². The van der Waals surface area contributed by atoms with E-state index in [1.165, 1.54) is 0 Å². The molecule has 3 rings (SSSR count). The van der Waals surface area contributed by atoms with Gasteiger partial charge in [0.05, 0.1) is 23.9 Å². The molecule has 1 heterocycles. The zero-order valence-corrected chi connectivity index (χ0v) is 9.91. The Bertz CT molecular complexity index is 574. The summed E-state index contributed by atoms with van der Waals surface area (Å²) in [5.41, 5.74) is 1.87. The molecule has 0 bridgehead atoms. The van der Waals surface area contributed by atoms with Crippen LogP contribution in [0.5, 0.6) is 0 Å². The highest BCUT2D eigenvalue weighted by molar-refractivity contribution is 5.76. The monoisotopic (exact) mass is 245 g/mol. The van der Waals surface area contributed by atoms with Crippen LogP contribution < -0.4 is 5.32 Å². The van der Waals surface area contributed by atoms with E-state index in [9.17, 15) is 9.90 Å². The molecule has 0 aliphatic heterocycles. The average molecular weight is 245 g/mol. The van der Waals surface area contributed by atoms with Crippen LogP contribution in [-0.2, 0) is 11.3 Å². The third kappa shape index (κ3) is 2.22. The van der Waals surface area contributed by atoms with Gasteiger partial charge in [0.25, 0.3) is 0 Å². The quantitative estimate of drug-likeness (QED) is 0.831. The van der Waals surface area contributed by atoms with E-state index in [0.29, 0.717) is 12.6 Å². The second-order valence-corrected chi connectivity index (χ2v) is 4.72. The lowest BCUT2D eigenvalue weighted by Crippen LogP contribution is -2.41. The number of carboxylic acid groups (broad SMARTS) is 1. The minimum atomic E-state index is -0.806. The summed E-state index contributed by atoms with van der Waals surface area (Å²) in [5.74, 6) is -0.806. The lowest BCUT2D eigenvalue weighted by Gasteiger charge is -2.15. The molecule has 1 fully saturated rings. The Morgan fingerprint density at radius 1 is 1.50 bits per heavy atom. The van der Waals surface area contributed by atoms with Crippen LogP contribution in [0.25, 0.3) is 11.0 Å². The number of para-hydroxylation sites is 2. The van der Waals surface area contributed by atoms with Crippen molar-refractivity contribution >= 4 is 17.0 Å². The molecule has 94 valence electrons. The molecule has 0 radical (unpaired) electrons. The topological polar surface area (TPSA) is 67.1 Å². The van der Waals surface area contributed by atoms with Crippen LogP contribution >= 0.6 is 0 Å². The van der Waals surface area contributed by atoms with E-state index in [2.05, 4.69) is 10.3 Å². The number of benzene rings is 1. The second kappa shape index (κ2) is 4.42. The second-order valence-electron chi connectivity index (χ2n) is 4.72. The summed E-state index contributed by atoms with van der Waals surface area (Å²) >= 11 is 0. The molecular weight excluding hydrogens is 230 g/mol. The van der Waals surface area contributed by atoms with Crippen LogP contribution in [0.3, 0.4) is 0 Å². The van der Waals surface area contributed by atoms with Gasteiger partial charge in [-0.25, -0.2) is 4.98 Å². The predicted molar refractivity (Wildman–Crippen MR) is 67.3 cm³/mol. The van der Waals surface area contributed by atoms with E-state index in [4.69, 9.17) is 0 Å². The third-order valence-corrected chi connectivity index (χ3v) is 3.22. The fourth-order valence-electron chi connectivity index (χ4n) is 2.09. The van der Waals surface area contributed by atoms with Crippen LogP contribution in [0.2, 0.25) is 0 Å². The van der Waals surface area contributed by atoms with Crippen molar-refractivity contribution < 1.29 is 9.90 Å². The highest BCUT2D eigenvalue weighted by atomic mass is 16.4. The number of hydrogen-bond donors (Lipinski definition) is 2. The number of carbonyl (C=O) groups is 1. The maximum atomic E-state index is 11.2. The Morgan fingerprint density at radius 2 is 2.28 bits per heavy atom. The van der Waals surface area contributed by atoms with Crippen LogP contribution in [0.15, 0.2) is 30.6 Å². The summed E-state index contributed by atoms with van der Waals surface area (Å²) in [7, 11) is 0. The third-order valence-electron chi connectivity index (χ3n) is 3.22. The molecule has 2 N–H and O–H groups in total. The van der Waals surface area contributed by atoms with Crippen LogP contribution in [0, 0.1) is 0 Å². The van der Waals surface area contributed by atoms with Crippen molar-refractivity contribution in [2.75, 3.05) is 0 Å². The maximum absolute atomic E-state index is 11.2. The number of carboxylic acids is 1. The molecule has 1 aliphatic carbocycles. The Hall–Kier alpha value is -1.88. The maximum Gasteiger partial charge on any atom is 0.322 e. The van der Waals surface area contributed by atoms with Crippen LogP contribution in [-0.4, -0.2) is 32.7 Å². The fourth-order valence-corrected chi connectivity index (χ4v) is 2.09. The van der Waals surface area contributed by atoms with Gasteiger partial charge in [0.2, 0.25) is 0 Å². The molecule has 1 atom stereocenters. The average Bonchev–Trinajstić information content (AvgIpc) is 3.09. The smallest absolute Gasteiger partial charge is 0.322 e. The van der Waals surface area contributed by atoms with E-state index in [-0.39, 0.29) is 0 Å². The van der Waals surface area contributed by atoms with Gasteiger partial charge in [-0.05, 0) is 25.0 Å². The van der Waals surface area contributed by atoms with Gasteiger partial charge in [-0.1, -0.05) is 12.1 Å². The van der Waals surface area contributed by atoms with E-state index in [1.807, 2.05) is 28.8 Å². The van der Waals surface area contributed by atoms with Crippen molar-refractivity contribution in [3.63, 3.8) is 0 Å². The largest absolute Gasteiger partial charge is 0.480 e. The molecule has 0 unspecified atom stereocenters. The van der Waals surface area contributed by atoms with Gasteiger partial charge in [-0.15, -0.1) is 0 Å². The van der Waals surface area contributed by atoms with Gasteiger partial charge in [0.1, 0.15) is 6.04 Å². The first-order chi connectivity index (χ1) is 8.74. The molecule has 1 aliphatic rings. The molecule has 5 heteroatoms. The zero-order valence-electron chi connectivity index (χ0n) is 9.91. The van der Waals surface area contributed by atoms with E-state index in [0.717, 1.165) is 23.9 Å². The number of hydrogen-bond acceptors (Lipinski definition) is 3. The van der Waals surface area contributed by atoms with Crippen molar-refractivity contribution in [3.8, 4) is 0 Å². The normalized spacial score (nSPS) is 16.9. The van der Waals surface area contributed by atoms with Crippen LogP contribution in [0.4, 0.5) is 0 Å². The van der Waals surface area contributed by atoms with Gasteiger partial charge < -0.3 is 15.0 Å². The molecule has 18 heavy (non-hydrogen) atoms. The first kappa shape index (κ1) is 11.2. The van der Waals surface area contributed by atoms with Crippen molar-refractivity contribution in [2.24, 2.45) is 0 Å². The van der Waals surface area contributed by atoms with Gasteiger partial charge in [0, 0.05) is 6.04 Å². The molecule has 0 spiro atoms. The number of fused-ring (bicyclic) bond motifs is 1. The summed E-state index contributed by atoms with van der Waals surface area (Å²) in [6.45, 7) is 0.409. The Labute approximate surface area is 104 Å². The number of rotatable bonds is 5. The summed E-state index contributed by atoms with van der Waals surface area (Å²) in [6, 6.07) is 7.58. The molecule has 1 saturated carbocycles. The van der Waals surface area contributed by atoms with Gasteiger partial charge >= 0.3 is 5.97 Å². The summed E-state index contributed by atoms with van der Waals surface area (Å²) < 4.78 is 1.89. The molecule has 5 nitrogen and oxygen atoms in total. The van der Waals surface area contributed by atoms with E-state index >= 15 is 0 Å². The van der Waals surface area contributed by atoms with Crippen molar-refractivity contribution in [3.05, 3.63) is 30.6 Å². The van der Waals surface area contributed by atoms with E-state index < -0.39 is 12.0 Å². The zero-order chi connectivity index (χ0) is 12.5. The van der Waals surface area contributed by atoms with Gasteiger partial charge in [0.15, 0.2) is 0 Å². The van der Waals surface area contributed by atoms with Crippen LogP contribution in [0.1, 0.15) is 12.8 Å². The minimum absolute atomic E-state index is 0.376.